The van der Waals surface area contributed by atoms with Gasteiger partial charge in [-0.3, -0.25) is 4.79 Å². The number of hydrogen-bond acceptors (Lipinski definition) is 3. The van der Waals surface area contributed by atoms with Crippen LogP contribution in [-0.2, 0) is 6.54 Å². The summed E-state index contributed by atoms with van der Waals surface area (Å²) in [5.74, 6) is 0.118. The topological polar surface area (TPSA) is 32.7 Å². The van der Waals surface area contributed by atoms with Crippen molar-refractivity contribution in [3.05, 3.63) is 71.8 Å². The molecular formula is C20H26N2OSi. The van der Waals surface area contributed by atoms with Gasteiger partial charge in [0.25, 0.3) is 0 Å². The Labute approximate surface area is 146 Å². The Morgan fingerprint density at radius 3 is 2.04 bits per heavy atom. The zero-order valence-corrected chi connectivity index (χ0v) is 16.0. The molecule has 2 aromatic rings. The van der Waals surface area contributed by atoms with Crippen molar-refractivity contribution in [1.82, 2.24) is 4.67 Å². The standard InChI is InChI=1S/C20H26N2OSi/c1-17(15-20(23)19-13-9-6-10-14-19)21-22(24(2,3)4)16-18-11-7-5-8-12-18/h5-14H,15-16H2,1-4H3/b21-17+. The lowest BCUT2D eigenvalue weighted by atomic mass is 10.1. The molecule has 0 aromatic heterocycles. The summed E-state index contributed by atoms with van der Waals surface area (Å²) in [4.78, 5) is 12.4. The van der Waals surface area contributed by atoms with Crippen LogP contribution >= 0.6 is 0 Å². The van der Waals surface area contributed by atoms with E-state index in [0.29, 0.717) is 6.42 Å². The second-order valence-electron chi connectivity index (χ2n) is 7.02. The third-order valence-electron chi connectivity index (χ3n) is 3.75. The number of ketones is 1. The normalized spacial score (nSPS) is 12.1. The zero-order chi connectivity index (χ0) is 17.6. The minimum Gasteiger partial charge on any atom is -0.320 e. The molecule has 0 heterocycles. The first-order chi connectivity index (χ1) is 11.4. The van der Waals surface area contributed by atoms with Gasteiger partial charge in [0.05, 0.1) is 13.0 Å². The summed E-state index contributed by atoms with van der Waals surface area (Å²) in [6.45, 7) is 9.54. The summed E-state index contributed by atoms with van der Waals surface area (Å²) in [5, 5.41) is 4.80. The molecule has 0 aliphatic rings. The van der Waals surface area contributed by atoms with Crippen molar-refractivity contribution in [2.45, 2.75) is 39.5 Å². The monoisotopic (exact) mass is 338 g/mol. The Morgan fingerprint density at radius 1 is 0.958 bits per heavy atom. The summed E-state index contributed by atoms with van der Waals surface area (Å²) in [6.07, 6.45) is 0.361. The largest absolute Gasteiger partial charge is 0.320 e. The van der Waals surface area contributed by atoms with Crippen LogP contribution in [-0.4, -0.2) is 24.4 Å². The molecule has 0 radical (unpaired) electrons. The van der Waals surface area contributed by atoms with Gasteiger partial charge in [-0.25, -0.2) is 0 Å². The van der Waals surface area contributed by atoms with Crippen molar-refractivity contribution < 1.29 is 4.79 Å². The first-order valence-corrected chi connectivity index (χ1v) is 11.7. The molecule has 0 saturated carbocycles. The van der Waals surface area contributed by atoms with Gasteiger partial charge in [-0.15, -0.1) is 0 Å². The molecule has 0 atom stereocenters. The molecule has 0 aliphatic heterocycles. The number of nitrogens with zero attached hydrogens (tertiary/aromatic N) is 2. The van der Waals surface area contributed by atoms with E-state index >= 15 is 0 Å². The maximum atomic E-state index is 12.4. The number of carbonyl (C=O) groups is 1. The van der Waals surface area contributed by atoms with Crippen molar-refractivity contribution in [3.8, 4) is 0 Å². The number of carbonyl (C=O) groups excluding carboxylic acids is 1. The van der Waals surface area contributed by atoms with E-state index in [9.17, 15) is 4.79 Å². The van der Waals surface area contributed by atoms with Gasteiger partial charge >= 0.3 is 0 Å². The van der Waals surface area contributed by atoms with Gasteiger partial charge in [0, 0.05) is 11.3 Å². The third-order valence-corrected chi connectivity index (χ3v) is 5.56. The van der Waals surface area contributed by atoms with E-state index in [1.54, 1.807) is 0 Å². The summed E-state index contributed by atoms with van der Waals surface area (Å²) in [5.41, 5.74) is 2.85. The molecule has 0 amide bonds. The number of hydrazone groups is 1. The van der Waals surface area contributed by atoms with Crippen molar-refractivity contribution in [3.63, 3.8) is 0 Å². The third kappa shape index (κ3) is 5.46. The quantitative estimate of drug-likeness (QED) is 0.309. The van der Waals surface area contributed by atoms with Crippen LogP contribution in [0.3, 0.4) is 0 Å². The van der Waals surface area contributed by atoms with E-state index < -0.39 is 8.24 Å². The van der Waals surface area contributed by atoms with Crippen LogP contribution in [0.1, 0.15) is 29.3 Å². The van der Waals surface area contributed by atoms with E-state index in [-0.39, 0.29) is 5.78 Å². The van der Waals surface area contributed by atoms with Crippen molar-refractivity contribution in [1.29, 1.82) is 0 Å². The van der Waals surface area contributed by atoms with Crippen LogP contribution in [0, 0.1) is 0 Å². The van der Waals surface area contributed by atoms with E-state index in [1.165, 1.54) is 5.56 Å². The SMILES string of the molecule is C/C(CC(=O)c1ccccc1)=N\N(Cc1ccccc1)[Si](C)(C)C. The Bertz CT molecular complexity index is 691. The fourth-order valence-corrected chi connectivity index (χ4v) is 3.51. The lowest BCUT2D eigenvalue weighted by Crippen LogP contribution is -2.42. The van der Waals surface area contributed by atoms with Crippen LogP contribution in [0.15, 0.2) is 65.8 Å². The van der Waals surface area contributed by atoms with Gasteiger partial charge in [0.15, 0.2) is 14.0 Å². The minimum atomic E-state index is -1.63. The molecule has 0 N–H and O–H groups in total. The Balaban J connectivity index is 2.12. The Morgan fingerprint density at radius 2 is 1.50 bits per heavy atom. The van der Waals surface area contributed by atoms with Gasteiger partial charge < -0.3 is 4.67 Å². The molecule has 0 aliphatic carbocycles. The molecule has 0 spiro atoms. The number of benzene rings is 2. The van der Waals surface area contributed by atoms with Crippen LogP contribution < -0.4 is 0 Å². The van der Waals surface area contributed by atoms with Crippen LogP contribution in [0.25, 0.3) is 0 Å². The minimum absolute atomic E-state index is 0.118. The average molecular weight is 339 g/mol. The fraction of sp³-hybridized carbons (Fsp3) is 0.300. The molecule has 126 valence electrons. The molecule has 4 heteroatoms. The van der Waals surface area contributed by atoms with Crippen LogP contribution in [0.4, 0.5) is 0 Å². The lowest BCUT2D eigenvalue weighted by molar-refractivity contribution is 0.1000. The Hall–Kier alpha value is -2.20. The molecule has 2 aromatic carbocycles. The highest BCUT2D eigenvalue weighted by Gasteiger charge is 2.23. The van der Waals surface area contributed by atoms with Gasteiger partial charge in [0.1, 0.15) is 0 Å². The molecule has 24 heavy (non-hydrogen) atoms. The second kappa shape index (κ2) is 8.06. The highest BCUT2D eigenvalue weighted by Crippen LogP contribution is 2.16. The summed E-state index contributed by atoms with van der Waals surface area (Å²) >= 11 is 0. The van der Waals surface area contributed by atoms with Crippen LogP contribution in [0.2, 0.25) is 19.6 Å². The zero-order valence-electron chi connectivity index (χ0n) is 15.0. The molecule has 0 saturated heterocycles. The van der Waals surface area contributed by atoms with Crippen molar-refractivity contribution >= 4 is 19.7 Å². The molecule has 0 unspecified atom stereocenters. The average Bonchev–Trinajstić information content (AvgIpc) is 2.55. The summed E-state index contributed by atoms with van der Waals surface area (Å²) in [7, 11) is -1.63. The lowest BCUT2D eigenvalue weighted by Gasteiger charge is -2.32. The molecule has 2 rings (SSSR count). The van der Waals surface area contributed by atoms with E-state index in [1.807, 2.05) is 55.5 Å². The highest BCUT2D eigenvalue weighted by atomic mass is 28.3. The van der Waals surface area contributed by atoms with E-state index in [4.69, 9.17) is 5.10 Å². The maximum Gasteiger partial charge on any atom is 0.169 e. The first-order valence-electron chi connectivity index (χ1n) is 8.30. The van der Waals surface area contributed by atoms with Gasteiger partial charge in [-0.05, 0) is 12.5 Å². The number of rotatable bonds is 7. The van der Waals surface area contributed by atoms with Crippen molar-refractivity contribution in [2.75, 3.05) is 0 Å². The second-order valence-corrected chi connectivity index (χ2v) is 11.9. The Kier molecular flexibility index (Phi) is 6.09. The molecule has 3 nitrogen and oxygen atoms in total. The number of hydrogen-bond donors (Lipinski definition) is 0. The first kappa shape index (κ1) is 18.1. The van der Waals surface area contributed by atoms with Crippen LogP contribution in [0.5, 0.6) is 0 Å². The highest BCUT2D eigenvalue weighted by molar-refractivity contribution is 6.73. The molecular weight excluding hydrogens is 312 g/mol. The smallest absolute Gasteiger partial charge is 0.169 e. The van der Waals surface area contributed by atoms with Gasteiger partial charge in [-0.1, -0.05) is 80.3 Å². The van der Waals surface area contributed by atoms with E-state index in [2.05, 4.69) is 36.4 Å². The fourth-order valence-electron chi connectivity index (χ4n) is 2.38. The summed E-state index contributed by atoms with van der Waals surface area (Å²) in [6, 6.07) is 19.8. The predicted molar refractivity (Wildman–Crippen MR) is 104 cm³/mol. The maximum absolute atomic E-state index is 12.4. The molecule has 0 fully saturated rings. The van der Waals surface area contributed by atoms with E-state index in [0.717, 1.165) is 17.8 Å². The van der Waals surface area contributed by atoms with Crippen molar-refractivity contribution in [2.24, 2.45) is 5.10 Å². The number of Topliss-reactive ketones (excluding diaryl/α,β-unsaturated/α-hetero) is 1. The summed E-state index contributed by atoms with van der Waals surface area (Å²) < 4.78 is 2.19. The predicted octanol–water partition coefficient (Wildman–Crippen LogP) is 4.97. The van der Waals surface area contributed by atoms with Gasteiger partial charge in [0.2, 0.25) is 0 Å². The molecule has 0 bridgehead atoms. The van der Waals surface area contributed by atoms with Gasteiger partial charge in [-0.2, -0.15) is 5.10 Å².